The molecule has 3 aromatic heterocycles. The van der Waals surface area contributed by atoms with Gasteiger partial charge < -0.3 is 8.98 Å². The van der Waals surface area contributed by atoms with Crippen LogP contribution in [0, 0.1) is 0 Å². The fourth-order valence-corrected chi connectivity index (χ4v) is 8.83. The zero-order valence-electron chi connectivity index (χ0n) is 34.6. The fraction of sp³-hybridized carbons (Fsp3) is 0.0172. The Morgan fingerprint density at radius 1 is 0.508 bits per heavy atom. The molecule has 8 aromatic carbocycles. The molecule has 0 bridgehead atoms. The number of fused-ring (bicyclic) bond motifs is 6. The number of benzene rings is 8. The van der Waals surface area contributed by atoms with Crippen LogP contribution in [-0.4, -0.2) is 19.5 Å². The van der Waals surface area contributed by atoms with E-state index in [9.17, 15) is 0 Å². The Kier molecular flexibility index (Phi) is 9.48. The lowest BCUT2D eigenvalue weighted by Crippen LogP contribution is -2.00. The van der Waals surface area contributed by atoms with Gasteiger partial charge in [-0.3, -0.25) is 0 Å². The first kappa shape index (κ1) is 37.6. The van der Waals surface area contributed by atoms with Gasteiger partial charge in [0.2, 0.25) is 0 Å². The highest BCUT2D eigenvalue weighted by atomic mass is 16.3. The minimum absolute atomic E-state index is 0.572. The SMILES string of the molecule is C=C/C=C(\C=C/C)c1ccc2c3cc(-c4ccccc4)ccc3n(-c3cccc4c3oc3cccc(-c5nc(-c6ccccc6)nc(-c6cccc(-c7ccccc7)c6)n5)c34)c2c1. The van der Waals surface area contributed by atoms with Gasteiger partial charge in [0.1, 0.15) is 5.58 Å². The van der Waals surface area contributed by atoms with Crippen LogP contribution in [0.25, 0.3) is 111 Å². The first-order valence-electron chi connectivity index (χ1n) is 21.2. The molecule has 5 heteroatoms. The van der Waals surface area contributed by atoms with E-state index >= 15 is 0 Å². The monoisotopic (exact) mass is 808 g/mol. The molecule has 0 aliphatic heterocycles. The molecule has 0 aliphatic carbocycles. The summed E-state index contributed by atoms with van der Waals surface area (Å²) in [4.78, 5) is 15.5. The van der Waals surface area contributed by atoms with Gasteiger partial charge >= 0.3 is 0 Å². The van der Waals surface area contributed by atoms with Crippen LogP contribution in [0.3, 0.4) is 0 Å². The number of hydrogen-bond acceptors (Lipinski definition) is 4. The second kappa shape index (κ2) is 15.9. The van der Waals surface area contributed by atoms with E-state index in [1.54, 1.807) is 0 Å². The van der Waals surface area contributed by atoms with E-state index in [1.165, 1.54) is 5.56 Å². The summed E-state index contributed by atoms with van der Waals surface area (Å²) < 4.78 is 9.33. The van der Waals surface area contributed by atoms with Gasteiger partial charge in [-0.2, -0.15) is 0 Å². The highest BCUT2D eigenvalue weighted by Gasteiger charge is 2.22. The largest absolute Gasteiger partial charge is 0.454 e. The summed E-state index contributed by atoms with van der Waals surface area (Å²) in [6, 6.07) is 65.5. The minimum Gasteiger partial charge on any atom is -0.454 e. The van der Waals surface area contributed by atoms with E-state index in [4.69, 9.17) is 19.4 Å². The lowest BCUT2D eigenvalue weighted by molar-refractivity contribution is 0.666. The van der Waals surface area contributed by atoms with E-state index < -0.39 is 0 Å². The van der Waals surface area contributed by atoms with E-state index in [0.29, 0.717) is 17.5 Å². The van der Waals surface area contributed by atoms with Crippen LogP contribution in [-0.2, 0) is 0 Å². The molecule has 0 saturated carbocycles. The van der Waals surface area contributed by atoms with Gasteiger partial charge in [-0.1, -0.05) is 183 Å². The van der Waals surface area contributed by atoms with Crippen molar-refractivity contribution in [3.63, 3.8) is 0 Å². The first-order valence-corrected chi connectivity index (χ1v) is 21.2. The molecule has 63 heavy (non-hydrogen) atoms. The van der Waals surface area contributed by atoms with Crippen LogP contribution in [0.2, 0.25) is 0 Å². The predicted molar refractivity (Wildman–Crippen MR) is 262 cm³/mol. The molecule has 0 saturated heterocycles. The number of furan rings is 1. The van der Waals surface area contributed by atoms with Crippen LogP contribution in [0.5, 0.6) is 0 Å². The highest BCUT2D eigenvalue weighted by Crippen LogP contribution is 2.42. The number of allylic oxidation sites excluding steroid dienone is 5. The standard InChI is InChI=1S/C58H40N4O/c1-3-17-38(18-4-2)44-31-33-46-49-36-43(40-21-10-6-11-22-40)32-34-50(49)62(52(46)37-44)51-29-15-27-47-54-48(28-16-30-53(54)63-55(47)51)58-60-56(41-23-12-7-13-24-41)59-57(61-58)45-26-14-25-42(35-45)39-19-8-5-9-20-39/h3-37H,1H2,2H3/b18-4-,38-17+. The van der Waals surface area contributed by atoms with Gasteiger partial charge in [0.25, 0.3) is 0 Å². The molecule has 11 rings (SSSR count). The average Bonchev–Trinajstić information content (AvgIpc) is 3.90. The normalized spacial score (nSPS) is 12.0. The van der Waals surface area contributed by atoms with E-state index in [-0.39, 0.29) is 0 Å². The third-order valence-corrected chi connectivity index (χ3v) is 11.7. The summed E-state index contributed by atoms with van der Waals surface area (Å²) in [6.45, 7) is 6.05. The quantitative estimate of drug-likeness (QED) is 0.136. The number of rotatable bonds is 9. The molecule has 5 nitrogen and oxygen atoms in total. The minimum atomic E-state index is 0.572. The highest BCUT2D eigenvalue weighted by molar-refractivity contribution is 6.16. The van der Waals surface area contributed by atoms with Crippen LogP contribution >= 0.6 is 0 Å². The van der Waals surface area contributed by atoms with Crippen molar-refractivity contribution in [2.75, 3.05) is 0 Å². The van der Waals surface area contributed by atoms with Gasteiger partial charge in [0.05, 0.1) is 16.7 Å². The number of para-hydroxylation sites is 1. The van der Waals surface area contributed by atoms with Crippen molar-refractivity contribution in [3.05, 3.63) is 225 Å². The molecular weight excluding hydrogens is 769 g/mol. The molecule has 3 heterocycles. The van der Waals surface area contributed by atoms with E-state index in [0.717, 1.165) is 93.9 Å². The van der Waals surface area contributed by atoms with Crippen molar-refractivity contribution in [2.45, 2.75) is 6.92 Å². The maximum absolute atomic E-state index is 6.98. The summed E-state index contributed by atoms with van der Waals surface area (Å²) in [5, 5.41) is 4.23. The third-order valence-electron chi connectivity index (χ3n) is 11.7. The summed E-state index contributed by atoms with van der Waals surface area (Å²) >= 11 is 0. The van der Waals surface area contributed by atoms with Crippen LogP contribution in [0.4, 0.5) is 0 Å². The smallest absolute Gasteiger partial charge is 0.164 e. The van der Waals surface area contributed by atoms with Crippen LogP contribution in [0.15, 0.2) is 223 Å². The van der Waals surface area contributed by atoms with Crippen molar-refractivity contribution in [1.82, 2.24) is 19.5 Å². The Morgan fingerprint density at radius 2 is 1.14 bits per heavy atom. The number of hydrogen-bond donors (Lipinski definition) is 0. The molecule has 0 radical (unpaired) electrons. The lowest BCUT2D eigenvalue weighted by Gasteiger charge is -2.11. The summed E-state index contributed by atoms with van der Waals surface area (Å²) in [5.74, 6) is 1.77. The second-order valence-electron chi connectivity index (χ2n) is 15.6. The topological polar surface area (TPSA) is 56.7 Å². The molecule has 0 spiro atoms. The Labute approximate surface area is 365 Å². The number of aromatic nitrogens is 4. The molecule has 0 aliphatic rings. The molecule has 0 unspecified atom stereocenters. The number of nitrogens with zero attached hydrogens (tertiary/aromatic N) is 4. The molecule has 0 N–H and O–H groups in total. The van der Waals surface area contributed by atoms with Crippen LogP contribution < -0.4 is 0 Å². The van der Waals surface area contributed by atoms with Crippen molar-refractivity contribution < 1.29 is 4.42 Å². The van der Waals surface area contributed by atoms with Gasteiger partial charge in [0, 0.05) is 38.2 Å². The summed E-state index contributed by atoms with van der Waals surface area (Å²) in [6.07, 6.45) is 8.08. The van der Waals surface area contributed by atoms with Gasteiger partial charge in [0.15, 0.2) is 23.1 Å². The molecule has 0 fully saturated rings. The van der Waals surface area contributed by atoms with E-state index in [2.05, 4.69) is 169 Å². The van der Waals surface area contributed by atoms with Gasteiger partial charge in [-0.15, -0.1) is 0 Å². The van der Waals surface area contributed by atoms with Gasteiger partial charge in [-0.25, -0.2) is 15.0 Å². The second-order valence-corrected chi connectivity index (χ2v) is 15.6. The lowest BCUT2D eigenvalue weighted by atomic mass is 10.0. The van der Waals surface area contributed by atoms with Gasteiger partial charge in [-0.05, 0) is 76.7 Å². The Morgan fingerprint density at radius 3 is 1.87 bits per heavy atom. The average molecular weight is 809 g/mol. The predicted octanol–water partition coefficient (Wildman–Crippen LogP) is 15.3. The van der Waals surface area contributed by atoms with Crippen molar-refractivity contribution >= 4 is 49.3 Å². The summed E-state index contributed by atoms with van der Waals surface area (Å²) in [7, 11) is 0. The Balaban J connectivity index is 1.14. The Hall–Kier alpha value is -8.41. The molecule has 11 aromatic rings. The molecule has 0 amide bonds. The van der Waals surface area contributed by atoms with Crippen molar-refractivity contribution in [2.24, 2.45) is 0 Å². The maximum Gasteiger partial charge on any atom is 0.164 e. The van der Waals surface area contributed by atoms with Crippen LogP contribution in [0.1, 0.15) is 12.5 Å². The first-order chi connectivity index (χ1) is 31.1. The summed E-state index contributed by atoms with van der Waals surface area (Å²) in [5.41, 5.74) is 14.1. The maximum atomic E-state index is 6.98. The van der Waals surface area contributed by atoms with Crippen molar-refractivity contribution in [3.8, 4) is 62.1 Å². The fourth-order valence-electron chi connectivity index (χ4n) is 8.83. The molecule has 0 atom stereocenters. The molecular formula is C58H40N4O. The Bertz CT molecular complexity index is 3580. The zero-order valence-corrected chi connectivity index (χ0v) is 34.6. The van der Waals surface area contributed by atoms with Crippen molar-refractivity contribution in [1.29, 1.82) is 0 Å². The third kappa shape index (κ3) is 6.73. The zero-order chi connectivity index (χ0) is 42.3. The van der Waals surface area contributed by atoms with E-state index in [1.807, 2.05) is 61.5 Å². The molecule has 298 valence electrons.